The maximum Gasteiger partial charge on any atom is 0.143 e. The molecular weight excluding hydrogens is 641 g/mol. The van der Waals surface area contributed by atoms with Crippen molar-refractivity contribution < 1.29 is 4.42 Å². The summed E-state index contributed by atoms with van der Waals surface area (Å²) in [4.78, 5) is 0. The molecule has 0 atom stereocenters. The van der Waals surface area contributed by atoms with Gasteiger partial charge < -0.3 is 4.42 Å². The number of furan rings is 1. The molecule has 0 bridgehead atoms. The van der Waals surface area contributed by atoms with Crippen LogP contribution in [0.25, 0.3) is 130 Å². The van der Waals surface area contributed by atoms with Crippen LogP contribution in [0.1, 0.15) is 0 Å². The van der Waals surface area contributed by atoms with Gasteiger partial charge in [0.05, 0.1) is 0 Å². The molecule has 0 saturated heterocycles. The third-order valence-corrected chi connectivity index (χ3v) is 12.1. The predicted molar refractivity (Wildman–Crippen MR) is 227 cm³/mol. The second-order valence-electron chi connectivity index (χ2n) is 14.7. The van der Waals surface area contributed by atoms with E-state index in [2.05, 4.69) is 170 Å². The molecule has 12 aromatic carbocycles. The van der Waals surface area contributed by atoms with Gasteiger partial charge in [-0.2, -0.15) is 0 Å². The zero-order valence-electron chi connectivity index (χ0n) is 28.6. The van der Waals surface area contributed by atoms with Crippen molar-refractivity contribution in [2.24, 2.45) is 0 Å². The Labute approximate surface area is 303 Å². The number of benzene rings is 12. The molecule has 0 unspecified atom stereocenters. The minimum atomic E-state index is 0.939. The molecule has 0 aliphatic rings. The van der Waals surface area contributed by atoms with Gasteiger partial charge in [-0.15, -0.1) is 0 Å². The molecule has 1 heterocycles. The van der Waals surface area contributed by atoms with Crippen molar-refractivity contribution in [3.63, 3.8) is 0 Å². The SMILES string of the molecule is c1ccc2c(c1)ccc1c3ccc4c(-c5ccc6ccc7cccc8ccc5c6c78)ccc(-c5ccc6ccc7cccc8ccc5c6c78)c4c3oc21. The third kappa shape index (κ3) is 3.56. The van der Waals surface area contributed by atoms with Gasteiger partial charge in [0.25, 0.3) is 0 Å². The quantitative estimate of drug-likeness (QED) is 0.167. The minimum absolute atomic E-state index is 0.939. The number of hydrogen-bond donors (Lipinski definition) is 0. The molecule has 13 aromatic rings. The first-order chi connectivity index (χ1) is 26.3. The fourth-order valence-corrected chi connectivity index (χ4v) is 9.80. The average molecular weight is 669 g/mol. The van der Waals surface area contributed by atoms with Crippen LogP contribution < -0.4 is 0 Å². The minimum Gasteiger partial charge on any atom is -0.455 e. The van der Waals surface area contributed by atoms with Gasteiger partial charge in [-0.25, -0.2) is 0 Å². The van der Waals surface area contributed by atoms with Crippen molar-refractivity contribution in [3.05, 3.63) is 170 Å². The highest BCUT2D eigenvalue weighted by atomic mass is 16.3. The Hall–Kier alpha value is -6.96. The van der Waals surface area contributed by atoms with Crippen LogP contribution >= 0.6 is 0 Å². The smallest absolute Gasteiger partial charge is 0.143 e. The second-order valence-corrected chi connectivity index (χ2v) is 14.7. The summed E-state index contributed by atoms with van der Waals surface area (Å²) in [6.07, 6.45) is 0. The van der Waals surface area contributed by atoms with E-state index in [9.17, 15) is 0 Å². The molecule has 53 heavy (non-hydrogen) atoms. The molecule has 242 valence electrons. The highest BCUT2D eigenvalue weighted by molar-refractivity contribution is 6.31. The maximum atomic E-state index is 7.14. The summed E-state index contributed by atoms with van der Waals surface area (Å²) in [5.74, 6) is 0. The van der Waals surface area contributed by atoms with Gasteiger partial charge in [0.15, 0.2) is 0 Å². The molecular formula is C52H28O. The lowest BCUT2D eigenvalue weighted by Gasteiger charge is -2.18. The molecule has 0 saturated carbocycles. The van der Waals surface area contributed by atoms with Gasteiger partial charge in [-0.1, -0.05) is 158 Å². The van der Waals surface area contributed by atoms with E-state index in [1.165, 1.54) is 97.7 Å². The van der Waals surface area contributed by atoms with Crippen LogP contribution in [0.2, 0.25) is 0 Å². The van der Waals surface area contributed by atoms with Crippen LogP contribution in [0.15, 0.2) is 174 Å². The second kappa shape index (κ2) is 9.88. The first kappa shape index (κ1) is 27.7. The normalized spacial score (nSPS) is 12.5. The zero-order chi connectivity index (χ0) is 34.4. The van der Waals surface area contributed by atoms with Gasteiger partial charge in [-0.05, 0) is 110 Å². The Morgan fingerprint density at radius 1 is 0.208 bits per heavy atom. The fourth-order valence-electron chi connectivity index (χ4n) is 9.80. The molecule has 0 aliphatic carbocycles. The van der Waals surface area contributed by atoms with E-state index in [1.54, 1.807) is 0 Å². The average Bonchev–Trinajstić information content (AvgIpc) is 3.61. The summed E-state index contributed by atoms with van der Waals surface area (Å²) in [6, 6.07) is 63.1. The molecule has 0 aliphatic heterocycles. The summed E-state index contributed by atoms with van der Waals surface area (Å²) in [7, 11) is 0. The maximum absolute atomic E-state index is 7.14. The fraction of sp³-hybridized carbons (Fsp3) is 0. The van der Waals surface area contributed by atoms with Crippen molar-refractivity contribution >= 4 is 108 Å². The van der Waals surface area contributed by atoms with Crippen LogP contribution in [-0.2, 0) is 0 Å². The number of rotatable bonds is 2. The van der Waals surface area contributed by atoms with E-state index < -0.39 is 0 Å². The lowest BCUT2D eigenvalue weighted by Crippen LogP contribution is -1.91. The van der Waals surface area contributed by atoms with Crippen molar-refractivity contribution in [1.82, 2.24) is 0 Å². The van der Waals surface area contributed by atoms with E-state index in [4.69, 9.17) is 4.42 Å². The van der Waals surface area contributed by atoms with Gasteiger partial charge >= 0.3 is 0 Å². The molecule has 1 aromatic heterocycles. The van der Waals surface area contributed by atoms with Gasteiger partial charge in [0.1, 0.15) is 11.2 Å². The Bertz CT molecular complexity index is 3640. The number of hydrogen-bond acceptors (Lipinski definition) is 1. The first-order valence-corrected chi connectivity index (χ1v) is 18.4. The summed E-state index contributed by atoms with van der Waals surface area (Å²) in [5.41, 5.74) is 6.75. The molecule has 0 spiro atoms. The molecule has 0 N–H and O–H groups in total. The van der Waals surface area contributed by atoms with Gasteiger partial charge in [0.2, 0.25) is 0 Å². The zero-order valence-corrected chi connectivity index (χ0v) is 28.6. The Kier molecular flexibility index (Phi) is 5.17. The van der Waals surface area contributed by atoms with Crippen LogP contribution in [-0.4, -0.2) is 0 Å². The van der Waals surface area contributed by atoms with E-state index >= 15 is 0 Å². The Morgan fingerprint density at radius 3 is 1.23 bits per heavy atom. The molecule has 1 nitrogen and oxygen atoms in total. The van der Waals surface area contributed by atoms with E-state index in [-0.39, 0.29) is 0 Å². The standard InChI is InChI=1S/C52H28O/c1-2-10-36-29(5-1)15-24-44-45-28-27-42-38(37-20-16-34-13-11-30-6-3-8-32-18-22-40(37)48(34)46(30)32)25-26-43(50(42)52(45)53-51(36)44)39-21-17-35-14-12-31-7-4-9-33-19-23-41(39)49(35)47(31)33/h1-28H. The van der Waals surface area contributed by atoms with Crippen LogP contribution in [0.3, 0.4) is 0 Å². The summed E-state index contributed by atoms with van der Waals surface area (Å²) in [6.45, 7) is 0. The Morgan fingerprint density at radius 2 is 0.585 bits per heavy atom. The van der Waals surface area contributed by atoms with Crippen LogP contribution in [0, 0.1) is 0 Å². The highest BCUT2D eigenvalue weighted by Crippen LogP contribution is 2.48. The van der Waals surface area contributed by atoms with Crippen molar-refractivity contribution in [2.75, 3.05) is 0 Å². The molecule has 1 heteroatoms. The molecule has 0 radical (unpaired) electrons. The topological polar surface area (TPSA) is 13.1 Å². The van der Waals surface area contributed by atoms with Crippen LogP contribution in [0.5, 0.6) is 0 Å². The Balaban J connectivity index is 1.19. The summed E-state index contributed by atoms with van der Waals surface area (Å²) in [5, 5.41) is 22.5. The van der Waals surface area contributed by atoms with Crippen molar-refractivity contribution in [1.29, 1.82) is 0 Å². The van der Waals surface area contributed by atoms with Crippen molar-refractivity contribution in [2.45, 2.75) is 0 Å². The molecule has 13 rings (SSSR count). The highest BCUT2D eigenvalue weighted by Gasteiger charge is 2.22. The van der Waals surface area contributed by atoms with Gasteiger partial charge in [-0.3, -0.25) is 0 Å². The lowest BCUT2D eigenvalue weighted by atomic mass is 9.85. The van der Waals surface area contributed by atoms with E-state index in [0.717, 1.165) is 32.7 Å². The molecule has 0 amide bonds. The number of fused-ring (bicyclic) bond motifs is 7. The van der Waals surface area contributed by atoms with Crippen molar-refractivity contribution in [3.8, 4) is 22.3 Å². The van der Waals surface area contributed by atoms with E-state index in [1.807, 2.05) is 0 Å². The lowest BCUT2D eigenvalue weighted by molar-refractivity contribution is 0.676. The van der Waals surface area contributed by atoms with Crippen LogP contribution in [0.4, 0.5) is 0 Å². The van der Waals surface area contributed by atoms with E-state index in [0.29, 0.717) is 0 Å². The third-order valence-electron chi connectivity index (χ3n) is 12.1. The first-order valence-electron chi connectivity index (χ1n) is 18.4. The molecule has 0 fully saturated rings. The predicted octanol–water partition coefficient (Wildman–Crippen LogP) is 15.0. The monoisotopic (exact) mass is 668 g/mol. The van der Waals surface area contributed by atoms with Gasteiger partial charge in [0, 0.05) is 21.5 Å². The largest absolute Gasteiger partial charge is 0.455 e. The summed E-state index contributed by atoms with van der Waals surface area (Å²) >= 11 is 0. The summed E-state index contributed by atoms with van der Waals surface area (Å²) < 4.78 is 7.14.